The lowest BCUT2D eigenvalue weighted by Crippen LogP contribution is -2.38. The van der Waals surface area contributed by atoms with Crippen molar-refractivity contribution in [3.63, 3.8) is 0 Å². The van der Waals surface area contributed by atoms with E-state index in [2.05, 4.69) is 26.4 Å². The smallest absolute Gasteiger partial charge is 0.127 e. The third kappa shape index (κ3) is 3.77. The largest absolute Gasteiger partial charge is 0.496 e. The first-order chi connectivity index (χ1) is 12.8. The van der Waals surface area contributed by atoms with E-state index in [1.807, 2.05) is 42.7 Å². The van der Waals surface area contributed by atoms with E-state index in [0.717, 1.165) is 48.1 Å². The molecule has 0 spiro atoms. The van der Waals surface area contributed by atoms with E-state index in [-0.39, 0.29) is 6.10 Å². The Morgan fingerprint density at radius 2 is 2.19 bits per heavy atom. The second kappa shape index (κ2) is 7.95. The van der Waals surface area contributed by atoms with Gasteiger partial charge in [0.2, 0.25) is 0 Å². The van der Waals surface area contributed by atoms with E-state index in [4.69, 9.17) is 9.47 Å². The summed E-state index contributed by atoms with van der Waals surface area (Å²) in [5, 5.41) is 0. The van der Waals surface area contributed by atoms with Gasteiger partial charge in [-0.25, -0.2) is 4.37 Å². The molecule has 0 amide bonds. The van der Waals surface area contributed by atoms with Gasteiger partial charge in [-0.3, -0.25) is 9.88 Å². The highest BCUT2D eigenvalue weighted by Crippen LogP contribution is 2.33. The summed E-state index contributed by atoms with van der Waals surface area (Å²) in [6, 6.07) is 14.4. The summed E-state index contributed by atoms with van der Waals surface area (Å²) >= 11 is 1.49. The Morgan fingerprint density at radius 3 is 2.96 bits per heavy atom. The van der Waals surface area contributed by atoms with Crippen LogP contribution in [0, 0.1) is 0 Å². The molecule has 1 aliphatic rings. The Balaban J connectivity index is 1.51. The van der Waals surface area contributed by atoms with Crippen molar-refractivity contribution in [1.82, 2.24) is 14.3 Å². The maximum atomic E-state index is 5.92. The van der Waals surface area contributed by atoms with Gasteiger partial charge < -0.3 is 9.47 Å². The lowest BCUT2D eigenvalue weighted by molar-refractivity contribution is -0.0349. The fourth-order valence-corrected chi connectivity index (χ4v) is 3.87. The molecular weight excluding hydrogens is 346 g/mol. The zero-order valence-corrected chi connectivity index (χ0v) is 15.5. The van der Waals surface area contributed by atoms with Gasteiger partial charge in [0.1, 0.15) is 11.9 Å². The number of nitrogens with zero attached hydrogens (tertiary/aromatic N) is 3. The summed E-state index contributed by atoms with van der Waals surface area (Å²) in [7, 11) is 1.71. The number of rotatable bonds is 5. The lowest BCUT2D eigenvalue weighted by atomic mass is 10.1. The monoisotopic (exact) mass is 367 g/mol. The van der Waals surface area contributed by atoms with Crippen molar-refractivity contribution in [2.75, 3.05) is 26.8 Å². The van der Waals surface area contributed by atoms with Gasteiger partial charge in [-0.1, -0.05) is 12.1 Å². The number of morpholine rings is 1. The Labute approximate surface area is 157 Å². The number of hydrogen-bond acceptors (Lipinski definition) is 6. The molecular formula is C20H21N3O2S. The Bertz CT molecular complexity index is 840. The molecule has 1 aliphatic heterocycles. The Morgan fingerprint density at radius 1 is 1.23 bits per heavy atom. The van der Waals surface area contributed by atoms with Gasteiger partial charge in [0.15, 0.2) is 0 Å². The highest BCUT2D eigenvalue weighted by molar-refractivity contribution is 7.09. The predicted molar refractivity (Wildman–Crippen MR) is 102 cm³/mol. The first-order valence-corrected chi connectivity index (χ1v) is 9.43. The minimum atomic E-state index is 0.0316. The van der Waals surface area contributed by atoms with Crippen LogP contribution < -0.4 is 4.74 Å². The average molecular weight is 367 g/mol. The second-order valence-electron chi connectivity index (χ2n) is 6.26. The Kier molecular flexibility index (Phi) is 5.24. The molecule has 2 aromatic heterocycles. The van der Waals surface area contributed by atoms with Crippen molar-refractivity contribution < 1.29 is 9.47 Å². The van der Waals surface area contributed by atoms with Gasteiger partial charge in [-0.15, -0.1) is 0 Å². The van der Waals surface area contributed by atoms with Gasteiger partial charge in [-0.05, 0) is 47.4 Å². The van der Waals surface area contributed by atoms with Crippen LogP contribution in [0.3, 0.4) is 0 Å². The minimum Gasteiger partial charge on any atom is -0.496 e. The molecule has 0 bridgehead atoms. The zero-order chi connectivity index (χ0) is 17.8. The van der Waals surface area contributed by atoms with Crippen molar-refractivity contribution in [1.29, 1.82) is 0 Å². The van der Waals surface area contributed by atoms with Crippen molar-refractivity contribution in [3.8, 4) is 16.2 Å². The topological polar surface area (TPSA) is 47.5 Å². The number of pyridine rings is 1. The number of aromatic nitrogens is 2. The molecule has 3 heterocycles. The molecule has 0 radical (unpaired) electrons. The van der Waals surface area contributed by atoms with Crippen molar-refractivity contribution >= 4 is 11.5 Å². The van der Waals surface area contributed by atoms with E-state index >= 15 is 0 Å². The fourth-order valence-electron chi connectivity index (χ4n) is 3.25. The molecule has 0 N–H and O–H groups in total. The molecule has 4 rings (SSSR count). The average Bonchev–Trinajstić information content (AvgIpc) is 3.23. The van der Waals surface area contributed by atoms with Gasteiger partial charge in [0, 0.05) is 37.6 Å². The highest BCUT2D eigenvalue weighted by Gasteiger charge is 2.23. The van der Waals surface area contributed by atoms with Crippen LogP contribution in [0.25, 0.3) is 10.4 Å². The predicted octanol–water partition coefficient (Wildman–Crippen LogP) is 3.79. The maximum absolute atomic E-state index is 5.92. The fraction of sp³-hybridized carbons (Fsp3) is 0.300. The maximum Gasteiger partial charge on any atom is 0.127 e. The molecule has 3 aromatic rings. The molecule has 6 heteroatoms. The van der Waals surface area contributed by atoms with Gasteiger partial charge in [0.05, 0.1) is 24.3 Å². The zero-order valence-electron chi connectivity index (χ0n) is 14.7. The highest BCUT2D eigenvalue weighted by atomic mass is 32.1. The van der Waals surface area contributed by atoms with E-state index in [0.29, 0.717) is 0 Å². The second-order valence-corrected chi connectivity index (χ2v) is 7.09. The molecule has 1 fully saturated rings. The van der Waals surface area contributed by atoms with Crippen molar-refractivity contribution in [3.05, 3.63) is 66.1 Å². The summed E-state index contributed by atoms with van der Waals surface area (Å²) < 4.78 is 15.7. The minimum absolute atomic E-state index is 0.0316. The van der Waals surface area contributed by atoms with Gasteiger partial charge in [-0.2, -0.15) is 0 Å². The van der Waals surface area contributed by atoms with E-state index in [9.17, 15) is 0 Å². The molecule has 5 nitrogen and oxygen atoms in total. The lowest BCUT2D eigenvalue weighted by Gasteiger charge is -2.32. The molecule has 0 aliphatic carbocycles. The normalized spacial score (nSPS) is 18.0. The molecule has 0 saturated carbocycles. The van der Waals surface area contributed by atoms with E-state index in [1.165, 1.54) is 17.1 Å². The van der Waals surface area contributed by atoms with Crippen LogP contribution in [-0.2, 0) is 11.3 Å². The summed E-state index contributed by atoms with van der Waals surface area (Å²) in [5.41, 5.74) is 3.36. The quantitative estimate of drug-likeness (QED) is 0.687. The molecule has 1 saturated heterocycles. The van der Waals surface area contributed by atoms with Crippen LogP contribution in [0.4, 0.5) is 0 Å². The number of methoxy groups -OCH3 is 1. The van der Waals surface area contributed by atoms with Crippen molar-refractivity contribution in [2.45, 2.75) is 12.6 Å². The van der Waals surface area contributed by atoms with Gasteiger partial charge >= 0.3 is 0 Å². The molecule has 26 heavy (non-hydrogen) atoms. The van der Waals surface area contributed by atoms with Crippen LogP contribution in [-0.4, -0.2) is 41.1 Å². The summed E-state index contributed by atoms with van der Waals surface area (Å²) in [5.74, 6) is 0.881. The van der Waals surface area contributed by atoms with E-state index < -0.39 is 0 Å². The van der Waals surface area contributed by atoms with Crippen LogP contribution in [0.1, 0.15) is 17.4 Å². The van der Waals surface area contributed by atoms with Crippen LogP contribution in [0.5, 0.6) is 5.75 Å². The standard InChI is InChI=1S/C20H21N3O2S/c1-24-18-6-5-15(12-16(18)20-7-9-22-26-20)13-23-10-11-25-19(14-23)17-4-2-3-8-21-17/h2-9,12,19H,10-11,13-14H2,1H3. The summed E-state index contributed by atoms with van der Waals surface area (Å²) in [6.45, 7) is 3.37. The third-order valence-corrected chi connectivity index (χ3v) is 5.32. The molecule has 1 aromatic carbocycles. The van der Waals surface area contributed by atoms with Gasteiger partial charge in [0.25, 0.3) is 0 Å². The van der Waals surface area contributed by atoms with Crippen LogP contribution >= 0.6 is 11.5 Å². The molecule has 134 valence electrons. The SMILES string of the molecule is COc1ccc(CN2CCOC(c3ccccn3)C2)cc1-c1ccns1. The van der Waals surface area contributed by atoms with Crippen LogP contribution in [0.2, 0.25) is 0 Å². The molecule has 1 unspecified atom stereocenters. The third-order valence-electron chi connectivity index (χ3n) is 4.54. The Hall–Kier alpha value is -2.28. The number of hydrogen-bond donors (Lipinski definition) is 0. The molecule has 1 atom stereocenters. The summed E-state index contributed by atoms with van der Waals surface area (Å²) in [6.07, 6.45) is 3.68. The first kappa shape index (κ1) is 17.1. The number of benzene rings is 1. The first-order valence-electron chi connectivity index (χ1n) is 8.66. The van der Waals surface area contributed by atoms with Crippen LogP contribution in [0.15, 0.2) is 54.9 Å². The van der Waals surface area contributed by atoms with E-state index in [1.54, 1.807) is 7.11 Å². The number of ether oxygens (including phenoxy) is 2. The van der Waals surface area contributed by atoms with Crippen molar-refractivity contribution in [2.24, 2.45) is 0 Å². The summed E-state index contributed by atoms with van der Waals surface area (Å²) in [4.78, 5) is 7.98.